The molecule has 0 unspecified atom stereocenters. The van der Waals surface area contributed by atoms with Crippen molar-refractivity contribution in [2.75, 3.05) is 6.61 Å². The summed E-state index contributed by atoms with van der Waals surface area (Å²) in [7, 11) is 0. The summed E-state index contributed by atoms with van der Waals surface area (Å²) in [6.07, 6.45) is 17.8. The van der Waals surface area contributed by atoms with Crippen LogP contribution in [0, 0.1) is 35.0 Å². The van der Waals surface area contributed by atoms with Crippen LogP contribution in [0.4, 0.5) is 0 Å². The number of hydrogen-bond donors (Lipinski definition) is 2. The molecule has 2 N–H and O–H groups in total. The summed E-state index contributed by atoms with van der Waals surface area (Å²) >= 11 is 0. The smallest absolute Gasteiger partial charge is 0.0577 e. The van der Waals surface area contributed by atoms with Gasteiger partial charge in [-0.25, -0.2) is 0 Å². The van der Waals surface area contributed by atoms with Crippen molar-refractivity contribution < 1.29 is 10.2 Å². The molecular formula is C27H46O2. The zero-order chi connectivity index (χ0) is 21.0. The molecule has 0 radical (unpaired) electrons. The number of allylic oxidation sites excluding steroid dienone is 3. The van der Waals surface area contributed by atoms with E-state index in [2.05, 4.69) is 39.8 Å². The Labute approximate surface area is 179 Å². The molecule has 0 heterocycles. The molecule has 0 aliphatic heterocycles. The van der Waals surface area contributed by atoms with Crippen LogP contribution in [0.5, 0.6) is 0 Å². The van der Waals surface area contributed by atoms with Crippen molar-refractivity contribution in [2.45, 2.75) is 104 Å². The van der Waals surface area contributed by atoms with Gasteiger partial charge in [0.1, 0.15) is 0 Å². The highest BCUT2D eigenvalue weighted by Crippen LogP contribution is 2.59. The normalized spacial score (nSPS) is 39.3. The van der Waals surface area contributed by atoms with Crippen LogP contribution in [0.15, 0.2) is 23.3 Å². The van der Waals surface area contributed by atoms with Crippen molar-refractivity contribution in [3.8, 4) is 0 Å². The molecule has 6 atom stereocenters. The molecule has 0 spiro atoms. The van der Waals surface area contributed by atoms with Crippen molar-refractivity contribution in [1.29, 1.82) is 0 Å². The third kappa shape index (κ3) is 5.37. The summed E-state index contributed by atoms with van der Waals surface area (Å²) in [5, 5.41) is 19.8. The molecule has 3 aliphatic rings. The molecular weight excluding hydrogens is 356 g/mol. The maximum Gasteiger partial charge on any atom is 0.0577 e. The third-order valence-corrected chi connectivity index (χ3v) is 8.74. The predicted molar refractivity (Wildman–Crippen MR) is 123 cm³/mol. The van der Waals surface area contributed by atoms with E-state index in [0.717, 1.165) is 42.9 Å². The highest BCUT2D eigenvalue weighted by Gasteiger charge is 2.50. The summed E-state index contributed by atoms with van der Waals surface area (Å²) in [5.74, 6) is 3.54. The van der Waals surface area contributed by atoms with E-state index >= 15 is 0 Å². The van der Waals surface area contributed by atoms with Gasteiger partial charge in [0.25, 0.3) is 0 Å². The predicted octanol–water partition coefficient (Wildman–Crippen LogP) is 6.67. The molecule has 166 valence electrons. The number of aliphatic hydroxyl groups is 2. The molecule has 2 nitrogen and oxygen atoms in total. The Bertz CT molecular complexity index is 589. The first-order valence-corrected chi connectivity index (χ1v) is 12.5. The van der Waals surface area contributed by atoms with Crippen LogP contribution in [0.1, 0.15) is 98.3 Å². The minimum atomic E-state index is -0.221. The van der Waals surface area contributed by atoms with Crippen LogP contribution < -0.4 is 0 Å². The summed E-state index contributed by atoms with van der Waals surface area (Å²) in [5.41, 5.74) is 3.39. The van der Waals surface area contributed by atoms with E-state index in [1.165, 1.54) is 56.9 Å². The Morgan fingerprint density at radius 1 is 1.03 bits per heavy atom. The van der Waals surface area contributed by atoms with E-state index in [0.29, 0.717) is 5.41 Å². The van der Waals surface area contributed by atoms with Gasteiger partial charge in [0.2, 0.25) is 0 Å². The quantitative estimate of drug-likeness (QED) is 0.499. The maximum absolute atomic E-state index is 10.1. The Balaban J connectivity index is 1.70. The Hall–Kier alpha value is -0.600. The second-order valence-electron chi connectivity index (χ2n) is 11.2. The minimum Gasteiger partial charge on any atom is -0.396 e. The lowest BCUT2D eigenvalue weighted by Gasteiger charge is -2.44. The zero-order valence-corrected chi connectivity index (χ0v) is 19.5. The van der Waals surface area contributed by atoms with Gasteiger partial charge >= 0.3 is 0 Å². The molecule has 3 aliphatic carbocycles. The SMILES string of the molecule is CC(C)CCC[C@@H](C)[C@H]1CC[C@H]2/C(=C/C=C3\C[C@@H](O)CC[C@@H]3CO)CCC[C@]12C. The van der Waals surface area contributed by atoms with Gasteiger partial charge < -0.3 is 10.2 Å². The summed E-state index contributed by atoms with van der Waals surface area (Å²) in [6, 6.07) is 0. The van der Waals surface area contributed by atoms with Crippen LogP contribution in [0.3, 0.4) is 0 Å². The van der Waals surface area contributed by atoms with E-state index < -0.39 is 0 Å². The van der Waals surface area contributed by atoms with E-state index in [9.17, 15) is 10.2 Å². The van der Waals surface area contributed by atoms with Gasteiger partial charge in [0, 0.05) is 12.5 Å². The van der Waals surface area contributed by atoms with Crippen LogP contribution in [-0.4, -0.2) is 22.9 Å². The van der Waals surface area contributed by atoms with Crippen molar-refractivity contribution >= 4 is 0 Å². The van der Waals surface area contributed by atoms with Crippen LogP contribution in [-0.2, 0) is 0 Å². The second-order valence-corrected chi connectivity index (χ2v) is 11.2. The number of rotatable bonds is 7. The van der Waals surface area contributed by atoms with Crippen LogP contribution in [0.25, 0.3) is 0 Å². The molecule has 0 aromatic heterocycles. The van der Waals surface area contributed by atoms with Gasteiger partial charge in [-0.15, -0.1) is 0 Å². The first-order valence-electron chi connectivity index (χ1n) is 12.5. The van der Waals surface area contributed by atoms with E-state index in [-0.39, 0.29) is 18.6 Å². The summed E-state index contributed by atoms with van der Waals surface area (Å²) < 4.78 is 0. The van der Waals surface area contributed by atoms with Gasteiger partial charge in [0.05, 0.1) is 6.10 Å². The highest BCUT2D eigenvalue weighted by atomic mass is 16.3. The standard InChI is InChI=1S/C27H46O2/c1-19(2)7-5-8-20(3)25-14-15-26-21(9-6-16-27(25,26)4)10-11-22-17-24(29)13-12-23(22)18-28/h10-11,19-20,23-26,28-29H,5-9,12-18H2,1-4H3/b21-10+,22-11+/t20-,23-,24+,25-,26+,27-/m1/s1. The molecule has 0 aromatic rings. The average molecular weight is 403 g/mol. The van der Waals surface area contributed by atoms with Gasteiger partial charge in [-0.05, 0) is 80.5 Å². The number of aliphatic hydroxyl groups excluding tert-OH is 2. The van der Waals surface area contributed by atoms with E-state index in [1.54, 1.807) is 5.57 Å². The lowest BCUT2D eigenvalue weighted by molar-refractivity contribution is 0.0928. The zero-order valence-electron chi connectivity index (χ0n) is 19.5. The van der Waals surface area contributed by atoms with E-state index in [1.807, 2.05) is 0 Å². The Morgan fingerprint density at radius 2 is 1.79 bits per heavy atom. The van der Waals surface area contributed by atoms with Crippen molar-refractivity contribution in [2.24, 2.45) is 35.0 Å². The van der Waals surface area contributed by atoms with Crippen molar-refractivity contribution in [1.82, 2.24) is 0 Å². The molecule has 0 bridgehead atoms. The third-order valence-electron chi connectivity index (χ3n) is 8.74. The monoisotopic (exact) mass is 402 g/mol. The van der Waals surface area contributed by atoms with Gasteiger partial charge in [0.15, 0.2) is 0 Å². The molecule has 3 saturated carbocycles. The lowest BCUT2D eigenvalue weighted by Crippen LogP contribution is -2.36. The number of hydrogen-bond acceptors (Lipinski definition) is 2. The van der Waals surface area contributed by atoms with Crippen LogP contribution in [0.2, 0.25) is 0 Å². The summed E-state index contributed by atoms with van der Waals surface area (Å²) in [4.78, 5) is 0. The molecule has 3 fully saturated rings. The summed E-state index contributed by atoms with van der Waals surface area (Å²) in [6.45, 7) is 10.0. The van der Waals surface area contributed by atoms with Gasteiger partial charge in [-0.2, -0.15) is 0 Å². The first-order chi connectivity index (χ1) is 13.8. The topological polar surface area (TPSA) is 40.5 Å². The Morgan fingerprint density at radius 3 is 2.52 bits per heavy atom. The fourth-order valence-electron chi connectivity index (χ4n) is 7.01. The minimum absolute atomic E-state index is 0.221. The van der Waals surface area contributed by atoms with E-state index in [4.69, 9.17) is 0 Å². The average Bonchev–Trinajstić information content (AvgIpc) is 3.03. The highest BCUT2D eigenvalue weighted by molar-refractivity contribution is 5.27. The fourth-order valence-corrected chi connectivity index (χ4v) is 7.01. The molecule has 29 heavy (non-hydrogen) atoms. The van der Waals surface area contributed by atoms with Crippen molar-refractivity contribution in [3.63, 3.8) is 0 Å². The molecule has 0 aromatic carbocycles. The molecule has 3 rings (SSSR count). The molecule has 2 heteroatoms. The van der Waals surface area contributed by atoms with Gasteiger partial charge in [-0.3, -0.25) is 0 Å². The fraction of sp³-hybridized carbons (Fsp3) is 0.852. The Kier molecular flexibility index (Phi) is 8.07. The number of fused-ring (bicyclic) bond motifs is 1. The van der Waals surface area contributed by atoms with Gasteiger partial charge in [-0.1, -0.05) is 70.3 Å². The van der Waals surface area contributed by atoms with Crippen LogP contribution >= 0.6 is 0 Å². The second kappa shape index (κ2) is 10.1. The van der Waals surface area contributed by atoms with Crippen molar-refractivity contribution in [3.05, 3.63) is 23.3 Å². The molecule has 0 amide bonds. The molecule has 0 saturated heterocycles. The lowest BCUT2D eigenvalue weighted by atomic mass is 9.60. The maximum atomic E-state index is 10.1. The largest absolute Gasteiger partial charge is 0.396 e. The first kappa shape index (κ1) is 23.1.